The molecule has 1 heterocycles. The summed E-state index contributed by atoms with van der Waals surface area (Å²) in [5.41, 5.74) is 2.14. The zero-order valence-corrected chi connectivity index (χ0v) is 15.5. The lowest BCUT2D eigenvalue weighted by atomic mass is 10.1. The Bertz CT molecular complexity index is 666. The summed E-state index contributed by atoms with van der Waals surface area (Å²) in [5, 5.41) is 10.7. The van der Waals surface area contributed by atoms with Crippen LogP contribution in [0.25, 0.3) is 0 Å². The molecule has 2 rings (SSSR count). The topological polar surface area (TPSA) is 62.5 Å². The van der Waals surface area contributed by atoms with E-state index in [0.29, 0.717) is 12.5 Å². The minimum absolute atomic E-state index is 0.123. The van der Waals surface area contributed by atoms with Gasteiger partial charge in [-0.1, -0.05) is 53.1 Å². The van der Waals surface area contributed by atoms with Gasteiger partial charge in [0.25, 0.3) is 0 Å². The Kier molecular flexibility index (Phi) is 6.21. The Hall–Kier alpha value is -1.82. The molecule has 0 bridgehead atoms. The predicted octanol–water partition coefficient (Wildman–Crippen LogP) is 3.99. The van der Waals surface area contributed by atoms with Crippen molar-refractivity contribution < 1.29 is 4.52 Å². The standard InChI is InChI=1S/C17H23BrN4O/c1-11(2)16-9-13(23-22-16)10-20-17(19-4)21-12(3)14-7-5-6-8-15(14)18/h5-9,11-12H,10H2,1-4H3,(H2,19,20,21). The molecule has 0 fully saturated rings. The third kappa shape index (κ3) is 4.82. The Morgan fingerprint density at radius 3 is 2.65 bits per heavy atom. The number of nitrogens with zero attached hydrogens (tertiary/aromatic N) is 2. The first-order valence-electron chi connectivity index (χ1n) is 7.68. The number of aliphatic imine (C=N–C) groups is 1. The first-order valence-corrected chi connectivity index (χ1v) is 8.47. The van der Waals surface area contributed by atoms with E-state index >= 15 is 0 Å². The van der Waals surface area contributed by atoms with Gasteiger partial charge in [0.2, 0.25) is 0 Å². The van der Waals surface area contributed by atoms with Gasteiger partial charge in [0.15, 0.2) is 11.7 Å². The maximum Gasteiger partial charge on any atom is 0.191 e. The van der Waals surface area contributed by atoms with Crippen molar-refractivity contribution in [3.8, 4) is 0 Å². The second-order valence-electron chi connectivity index (χ2n) is 5.69. The van der Waals surface area contributed by atoms with E-state index in [-0.39, 0.29) is 6.04 Å². The van der Waals surface area contributed by atoms with Crippen molar-refractivity contribution in [2.45, 2.75) is 39.3 Å². The number of benzene rings is 1. The highest BCUT2D eigenvalue weighted by atomic mass is 79.9. The van der Waals surface area contributed by atoms with E-state index in [0.717, 1.165) is 21.9 Å². The monoisotopic (exact) mass is 378 g/mol. The van der Waals surface area contributed by atoms with Crippen molar-refractivity contribution in [1.29, 1.82) is 0 Å². The Morgan fingerprint density at radius 1 is 1.30 bits per heavy atom. The van der Waals surface area contributed by atoms with Gasteiger partial charge in [0.05, 0.1) is 18.3 Å². The maximum atomic E-state index is 5.33. The molecular formula is C17H23BrN4O. The molecule has 0 aliphatic heterocycles. The van der Waals surface area contributed by atoms with Crippen LogP contribution in [0.15, 0.2) is 44.3 Å². The van der Waals surface area contributed by atoms with Crippen LogP contribution >= 0.6 is 15.9 Å². The molecule has 2 N–H and O–H groups in total. The van der Waals surface area contributed by atoms with Crippen molar-refractivity contribution in [1.82, 2.24) is 15.8 Å². The summed E-state index contributed by atoms with van der Waals surface area (Å²) in [6.07, 6.45) is 0. The highest BCUT2D eigenvalue weighted by molar-refractivity contribution is 9.10. The third-order valence-electron chi connectivity index (χ3n) is 3.55. The zero-order valence-electron chi connectivity index (χ0n) is 13.9. The number of hydrogen-bond donors (Lipinski definition) is 2. The number of halogens is 1. The van der Waals surface area contributed by atoms with Crippen molar-refractivity contribution in [2.24, 2.45) is 4.99 Å². The minimum Gasteiger partial charge on any atom is -0.359 e. The van der Waals surface area contributed by atoms with Crippen LogP contribution in [0.2, 0.25) is 0 Å². The van der Waals surface area contributed by atoms with Gasteiger partial charge in [-0.3, -0.25) is 4.99 Å². The van der Waals surface area contributed by atoms with Gasteiger partial charge in [-0.05, 0) is 24.5 Å². The normalized spacial score (nSPS) is 13.2. The summed E-state index contributed by atoms with van der Waals surface area (Å²) in [6.45, 7) is 6.82. The van der Waals surface area contributed by atoms with E-state index in [9.17, 15) is 0 Å². The average molecular weight is 379 g/mol. The van der Waals surface area contributed by atoms with E-state index < -0.39 is 0 Å². The Balaban J connectivity index is 1.94. The van der Waals surface area contributed by atoms with Gasteiger partial charge in [0, 0.05) is 17.6 Å². The molecule has 6 heteroatoms. The van der Waals surface area contributed by atoms with Crippen molar-refractivity contribution in [3.05, 3.63) is 51.8 Å². The number of guanidine groups is 1. The van der Waals surface area contributed by atoms with Gasteiger partial charge < -0.3 is 15.2 Å². The van der Waals surface area contributed by atoms with E-state index in [4.69, 9.17) is 4.52 Å². The fourth-order valence-corrected chi connectivity index (χ4v) is 2.79. The van der Waals surface area contributed by atoms with Crippen molar-refractivity contribution in [3.63, 3.8) is 0 Å². The fourth-order valence-electron chi connectivity index (χ4n) is 2.16. The molecular weight excluding hydrogens is 356 g/mol. The fraction of sp³-hybridized carbons (Fsp3) is 0.412. The molecule has 124 valence electrons. The quantitative estimate of drug-likeness (QED) is 0.609. The van der Waals surface area contributed by atoms with E-state index in [1.165, 1.54) is 5.56 Å². The largest absolute Gasteiger partial charge is 0.359 e. The molecule has 5 nitrogen and oxygen atoms in total. The van der Waals surface area contributed by atoms with Gasteiger partial charge in [-0.2, -0.15) is 0 Å². The third-order valence-corrected chi connectivity index (χ3v) is 4.27. The molecule has 0 saturated heterocycles. The molecule has 1 aromatic carbocycles. The van der Waals surface area contributed by atoms with Crippen LogP contribution in [0.5, 0.6) is 0 Å². The van der Waals surface area contributed by atoms with Gasteiger partial charge in [0.1, 0.15) is 0 Å². The second kappa shape index (κ2) is 8.15. The molecule has 1 aromatic heterocycles. The lowest BCUT2D eigenvalue weighted by Gasteiger charge is -2.18. The van der Waals surface area contributed by atoms with Crippen molar-refractivity contribution in [2.75, 3.05) is 7.05 Å². The number of aromatic nitrogens is 1. The molecule has 0 radical (unpaired) electrons. The number of hydrogen-bond acceptors (Lipinski definition) is 3. The van der Waals surface area contributed by atoms with Crippen LogP contribution in [-0.4, -0.2) is 18.2 Å². The first-order chi connectivity index (χ1) is 11.0. The number of rotatable bonds is 5. The lowest BCUT2D eigenvalue weighted by molar-refractivity contribution is 0.371. The smallest absolute Gasteiger partial charge is 0.191 e. The first kappa shape index (κ1) is 17.5. The maximum absolute atomic E-state index is 5.33. The van der Waals surface area contributed by atoms with Crippen LogP contribution < -0.4 is 10.6 Å². The molecule has 1 atom stereocenters. The number of nitrogens with one attached hydrogen (secondary N) is 2. The molecule has 1 unspecified atom stereocenters. The Labute approximate surface area is 145 Å². The van der Waals surface area contributed by atoms with Gasteiger partial charge in [-0.25, -0.2) is 0 Å². The van der Waals surface area contributed by atoms with Crippen LogP contribution in [0.1, 0.15) is 49.7 Å². The molecule has 0 aliphatic carbocycles. The highest BCUT2D eigenvalue weighted by Gasteiger charge is 2.12. The summed E-state index contributed by atoms with van der Waals surface area (Å²) in [6, 6.07) is 10.2. The van der Waals surface area contributed by atoms with E-state index in [2.05, 4.69) is 63.6 Å². The van der Waals surface area contributed by atoms with Crippen molar-refractivity contribution >= 4 is 21.9 Å². The van der Waals surface area contributed by atoms with Crippen LogP contribution in [-0.2, 0) is 6.54 Å². The predicted molar refractivity (Wildman–Crippen MR) is 96.5 cm³/mol. The lowest BCUT2D eigenvalue weighted by Crippen LogP contribution is -2.38. The average Bonchev–Trinajstić information content (AvgIpc) is 3.00. The molecule has 0 amide bonds. The summed E-state index contributed by atoms with van der Waals surface area (Å²) in [7, 11) is 1.75. The summed E-state index contributed by atoms with van der Waals surface area (Å²) >= 11 is 3.58. The van der Waals surface area contributed by atoms with Crippen LogP contribution in [0.4, 0.5) is 0 Å². The van der Waals surface area contributed by atoms with E-state index in [1.54, 1.807) is 7.05 Å². The molecule has 0 saturated carbocycles. The van der Waals surface area contributed by atoms with Gasteiger partial charge in [-0.15, -0.1) is 0 Å². The van der Waals surface area contributed by atoms with Crippen LogP contribution in [0, 0.1) is 0 Å². The summed E-state index contributed by atoms with van der Waals surface area (Å²) in [4.78, 5) is 4.26. The summed E-state index contributed by atoms with van der Waals surface area (Å²) < 4.78 is 6.40. The molecule has 2 aromatic rings. The summed E-state index contributed by atoms with van der Waals surface area (Å²) in [5.74, 6) is 1.88. The molecule has 23 heavy (non-hydrogen) atoms. The zero-order chi connectivity index (χ0) is 16.8. The second-order valence-corrected chi connectivity index (χ2v) is 6.54. The van der Waals surface area contributed by atoms with E-state index in [1.807, 2.05) is 24.3 Å². The molecule has 0 spiro atoms. The minimum atomic E-state index is 0.123. The SMILES string of the molecule is CN=C(NCc1cc(C(C)C)no1)NC(C)c1ccccc1Br. The molecule has 0 aliphatic rings. The Morgan fingerprint density at radius 2 is 2.04 bits per heavy atom. The van der Waals surface area contributed by atoms with Crippen LogP contribution in [0.3, 0.4) is 0 Å². The highest BCUT2D eigenvalue weighted by Crippen LogP contribution is 2.22. The van der Waals surface area contributed by atoms with Gasteiger partial charge >= 0.3 is 0 Å².